The molecule has 3 rings (SSSR count). The second kappa shape index (κ2) is 7.64. The fraction of sp³-hybridized carbons (Fsp3) is 0.111. The molecule has 0 saturated carbocycles. The first kappa shape index (κ1) is 16.7. The molecular weight excluding hydrogens is 390 g/mol. The van der Waals surface area contributed by atoms with E-state index in [2.05, 4.69) is 31.2 Å². The molecule has 0 aliphatic rings. The number of benzene rings is 2. The lowest BCUT2D eigenvalue weighted by atomic mass is 10.1. The molecule has 1 heterocycles. The summed E-state index contributed by atoms with van der Waals surface area (Å²) in [6.45, 7) is 2.55. The van der Waals surface area contributed by atoms with Gasteiger partial charge >= 0.3 is 0 Å². The van der Waals surface area contributed by atoms with Crippen LogP contribution >= 0.6 is 27.5 Å². The highest BCUT2D eigenvalue weighted by Crippen LogP contribution is 2.32. The molecule has 1 aromatic heterocycles. The Morgan fingerprint density at radius 2 is 1.88 bits per heavy atom. The van der Waals surface area contributed by atoms with E-state index in [1.165, 1.54) is 6.33 Å². The number of anilines is 2. The molecule has 0 unspecified atom stereocenters. The summed E-state index contributed by atoms with van der Waals surface area (Å²) in [6.07, 6.45) is 1.53. The van der Waals surface area contributed by atoms with Gasteiger partial charge in [-0.05, 0) is 49.4 Å². The third-order valence-corrected chi connectivity index (χ3v) is 4.05. The zero-order valence-electron chi connectivity index (χ0n) is 13.0. The SMILES string of the molecule is CCOc1ccc(Br)cc1-c1cc(Nc2ccc(Cl)cc2)ncn1. The van der Waals surface area contributed by atoms with Crippen LogP contribution in [0.15, 0.2) is 59.3 Å². The first-order chi connectivity index (χ1) is 11.7. The molecule has 0 radical (unpaired) electrons. The summed E-state index contributed by atoms with van der Waals surface area (Å²) in [5.74, 6) is 1.49. The van der Waals surface area contributed by atoms with Crippen molar-refractivity contribution in [2.45, 2.75) is 6.92 Å². The van der Waals surface area contributed by atoms with Gasteiger partial charge in [0.25, 0.3) is 0 Å². The number of hydrogen-bond acceptors (Lipinski definition) is 4. The average Bonchev–Trinajstić information content (AvgIpc) is 2.59. The molecule has 0 atom stereocenters. The number of nitrogens with one attached hydrogen (secondary N) is 1. The minimum absolute atomic E-state index is 0.593. The second-order valence-electron chi connectivity index (χ2n) is 4.99. The van der Waals surface area contributed by atoms with Gasteiger partial charge in [-0.15, -0.1) is 0 Å². The van der Waals surface area contributed by atoms with Crippen molar-refractivity contribution in [2.24, 2.45) is 0 Å². The number of ether oxygens (including phenoxy) is 1. The highest BCUT2D eigenvalue weighted by molar-refractivity contribution is 9.10. The van der Waals surface area contributed by atoms with Crippen LogP contribution in [0.25, 0.3) is 11.3 Å². The van der Waals surface area contributed by atoms with Crippen LogP contribution in [0.5, 0.6) is 5.75 Å². The van der Waals surface area contributed by atoms with Crippen LogP contribution in [-0.4, -0.2) is 16.6 Å². The summed E-state index contributed by atoms with van der Waals surface area (Å²) in [5.41, 5.74) is 2.60. The number of rotatable bonds is 5. The Morgan fingerprint density at radius 3 is 2.62 bits per heavy atom. The Kier molecular flexibility index (Phi) is 5.33. The van der Waals surface area contributed by atoms with Gasteiger partial charge in [-0.2, -0.15) is 0 Å². The van der Waals surface area contributed by atoms with Crippen molar-refractivity contribution in [1.82, 2.24) is 9.97 Å². The zero-order valence-corrected chi connectivity index (χ0v) is 15.3. The van der Waals surface area contributed by atoms with Crippen molar-refractivity contribution >= 4 is 39.0 Å². The maximum atomic E-state index is 5.91. The van der Waals surface area contributed by atoms with Crippen LogP contribution in [0.4, 0.5) is 11.5 Å². The molecule has 6 heteroatoms. The first-order valence-corrected chi connectivity index (χ1v) is 8.60. The lowest BCUT2D eigenvalue weighted by Crippen LogP contribution is -1.98. The van der Waals surface area contributed by atoms with Crippen LogP contribution < -0.4 is 10.1 Å². The highest BCUT2D eigenvalue weighted by atomic mass is 79.9. The van der Waals surface area contributed by atoms with E-state index in [-0.39, 0.29) is 0 Å². The van der Waals surface area contributed by atoms with Gasteiger partial charge < -0.3 is 10.1 Å². The summed E-state index contributed by atoms with van der Waals surface area (Å²) in [6, 6.07) is 15.2. The van der Waals surface area contributed by atoms with Gasteiger partial charge in [0.2, 0.25) is 0 Å². The molecule has 0 aliphatic heterocycles. The van der Waals surface area contributed by atoms with Gasteiger partial charge in [0, 0.05) is 26.8 Å². The van der Waals surface area contributed by atoms with Crippen molar-refractivity contribution in [1.29, 1.82) is 0 Å². The molecule has 0 bridgehead atoms. The number of halogens is 2. The lowest BCUT2D eigenvalue weighted by molar-refractivity contribution is 0.341. The Hall–Kier alpha value is -2.11. The van der Waals surface area contributed by atoms with Gasteiger partial charge in [0.15, 0.2) is 0 Å². The Bertz CT molecular complexity index is 840. The molecule has 122 valence electrons. The monoisotopic (exact) mass is 403 g/mol. The van der Waals surface area contributed by atoms with Crippen molar-refractivity contribution in [2.75, 3.05) is 11.9 Å². The van der Waals surface area contributed by atoms with Crippen molar-refractivity contribution in [3.63, 3.8) is 0 Å². The summed E-state index contributed by atoms with van der Waals surface area (Å²) in [4.78, 5) is 8.65. The minimum atomic E-state index is 0.593. The van der Waals surface area contributed by atoms with E-state index in [0.29, 0.717) is 17.4 Å². The van der Waals surface area contributed by atoms with E-state index in [1.807, 2.05) is 55.5 Å². The minimum Gasteiger partial charge on any atom is -0.493 e. The van der Waals surface area contributed by atoms with E-state index >= 15 is 0 Å². The molecule has 3 aromatic rings. The molecule has 0 amide bonds. The second-order valence-corrected chi connectivity index (χ2v) is 6.35. The zero-order chi connectivity index (χ0) is 16.9. The van der Waals surface area contributed by atoms with Crippen LogP contribution in [0.1, 0.15) is 6.92 Å². The smallest absolute Gasteiger partial charge is 0.134 e. The molecule has 0 spiro atoms. The maximum Gasteiger partial charge on any atom is 0.134 e. The molecular formula is C18H15BrClN3O. The molecule has 2 aromatic carbocycles. The van der Waals surface area contributed by atoms with E-state index in [0.717, 1.165) is 27.2 Å². The molecule has 4 nitrogen and oxygen atoms in total. The van der Waals surface area contributed by atoms with Crippen LogP contribution in [-0.2, 0) is 0 Å². The molecule has 0 fully saturated rings. The highest BCUT2D eigenvalue weighted by Gasteiger charge is 2.10. The predicted octanol–water partition coefficient (Wildman–Crippen LogP) is 5.70. The third-order valence-electron chi connectivity index (χ3n) is 3.30. The van der Waals surface area contributed by atoms with E-state index in [1.54, 1.807) is 0 Å². The molecule has 0 aliphatic carbocycles. The average molecular weight is 405 g/mol. The van der Waals surface area contributed by atoms with Crippen LogP contribution in [0, 0.1) is 0 Å². The van der Waals surface area contributed by atoms with Gasteiger partial charge in [0.05, 0.1) is 12.3 Å². The van der Waals surface area contributed by atoms with Gasteiger partial charge in [-0.25, -0.2) is 9.97 Å². The third kappa shape index (κ3) is 4.04. The molecule has 0 saturated heterocycles. The van der Waals surface area contributed by atoms with Crippen LogP contribution in [0.3, 0.4) is 0 Å². The fourth-order valence-electron chi connectivity index (χ4n) is 2.24. The normalized spacial score (nSPS) is 10.5. The maximum absolute atomic E-state index is 5.91. The lowest BCUT2D eigenvalue weighted by Gasteiger charge is -2.11. The summed E-state index contributed by atoms with van der Waals surface area (Å²) >= 11 is 9.41. The number of nitrogens with zero attached hydrogens (tertiary/aromatic N) is 2. The standard InChI is InChI=1S/C18H15BrClN3O/c1-2-24-17-8-3-12(19)9-15(17)16-10-18(22-11-21-16)23-14-6-4-13(20)5-7-14/h3-11H,2H2,1H3,(H,21,22,23). The molecule has 1 N–H and O–H groups in total. The van der Waals surface area contributed by atoms with E-state index in [4.69, 9.17) is 16.3 Å². The first-order valence-electron chi connectivity index (χ1n) is 7.43. The van der Waals surface area contributed by atoms with Crippen LogP contribution in [0.2, 0.25) is 5.02 Å². The summed E-state index contributed by atoms with van der Waals surface area (Å²) < 4.78 is 6.67. The van der Waals surface area contributed by atoms with Crippen molar-refractivity contribution < 1.29 is 4.74 Å². The topological polar surface area (TPSA) is 47.0 Å². The Labute approximate surface area is 154 Å². The summed E-state index contributed by atoms with van der Waals surface area (Å²) in [7, 11) is 0. The fourth-order valence-corrected chi connectivity index (χ4v) is 2.72. The largest absolute Gasteiger partial charge is 0.493 e. The Morgan fingerprint density at radius 1 is 1.08 bits per heavy atom. The quantitative estimate of drug-likeness (QED) is 0.592. The van der Waals surface area contributed by atoms with Gasteiger partial charge in [-0.1, -0.05) is 27.5 Å². The molecule has 24 heavy (non-hydrogen) atoms. The number of hydrogen-bond donors (Lipinski definition) is 1. The Balaban J connectivity index is 1.93. The van der Waals surface area contributed by atoms with Crippen molar-refractivity contribution in [3.8, 4) is 17.0 Å². The van der Waals surface area contributed by atoms with Gasteiger partial charge in [0.1, 0.15) is 17.9 Å². The van der Waals surface area contributed by atoms with E-state index < -0.39 is 0 Å². The van der Waals surface area contributed by atoms with E-state index in [9.17, 15) is 0 Å². The van der Waals surface area contributed by atoms with Crippen molar-refractivity contribution in [3.05, 3.63) is 64.4 Å². The number of aromatic nitrogens is 2. The van der Waals surface area contributed by atoms with Gasteiger partial charge in [-0.3, -0.25) is 0 Å². The predicted molar refractivity (Wildman–Crippen MR) is 101 cm³/mol. The summed E-state index contributed by atoms with van der Waals surface area (Å²) in [5, 5.41) is 3.94.